The number of hydrogen-bond acceptors (Lipinski definition) is 1. The number of carbonyl (C=O) groups excluding carboxylic acids is 1. The molecule has 1 aliphatic rings. The summed E-state index contributed by atoms with van der Waals surface area (Å²) in [5.74, 6) is 0. The van der Waals surface area contributed by atoms with Crippen molar-refractivity contribution in [2.75, 3.05) is 0 Å². The summed E-state index contributed by atoms with van der Waals surface area (Å²) < 4.78 is 0. The van der Waals surface area contributed by atoms with Gasteiger partial charge < -0.3 is 4.79 Å². The van der Waals surface area contributed by atoms with Crippen LogP contribution in [-0.2, 0) is 10.2 Å². The fourth-order valence-electron chi connectivity index (χ4n) is 2.73. The van der Waals surface area contributed by atoms with E-state index in [1.807, 2.05) is 0 Å². The molecule has 0 unspecified atom stereocenters. The van der Waals surface area contributed by atoms with Gasteiger partial charge in [-0.3, -0.25) is 0 Å². The molecule has 2 rings (SSSR count). The monoisotopic (exact) mass is 202 g/mol. The number of benzene rings is 1. The van der Waals surface area contributed by atoms with Gasteiger partial charge in [0.15, 0.2) is 0 Å². The molecule has 0 N–H and O–H groups in total. The van der Waals surface area contributed by atoms with E-state index in [1.165, 1.54) is 35.8 Å². The summed E-state index contributed by atoms with van der Waals surface area (Å²) >= 11 is 0. The van der Waals surface area contributed by atoms with E-state index in [4.69, 9.17) is 0 Å². The maximum absolute atomic E-state index is 11.4. The minimum Gasteiger partial charge on any atom is -0.302 e. The van der Waals surface area contributed by atoms with Crippen molar-refractivity contribution in [3.63, 3.8) is 0 Å². The molecule has 1 saturated carbocycles. The molecule has 0 radical (unpaired) electrons. The van der Waals surface area contributed by atoms with Crippen LogP contribution in [0.1, 0.15) is 42.4 Å². The van der Waals surface area contributed by atoms with Gasteiger partial charge in [0.2, 0.25) is 0 Å². The molecule has 0 amide bonds. The van der Waals surface area contributed by atoms with E-state index in [0.29, 0.717) is 0 Å². The maximum atomic E-state index is 11.4. The molecule has 0 spiro atoms. The zero-order valence-electron chi connectivity index (χ0n) is 9.55. The molecule has 1 aliphatic carbocycles. The molecular formula is C14H18O. The van der Waals surface area contributed by atoms with Crippen molar-refractivity contribution in [3.05, 3.63) is 34.9 Å². The highest BCUT2D eigenvalue weighted by Gasteiger charge is 2.36. The van der Waals surface area contributed by atoms with Crippen molar-refractivity contribution < 1.29 is 4.79 Å². The Labute approximate surface area is 91.5 Å². The van der Waals surface area contributed by atoms with Crippen LogP contribution < -0.4 is 0 Å². The molecule has 1 fully saturated rings. The lowest BCUT2D eigenvalue weighted by atomic mass is 9.78. The predicted octanol–water partition coefficient (Wildman–Crippen LogP) is 3.31. The molecule has 1 nitrogen and oxygen atoms in total. The van der Waals surface area contributed by atoms with Gasteiger partial charge in [0.25, 0.3) is 0 Å². The lowest BCUT2D eigenvalue weighted by molar-refractivity contribution is -0.112. The summed E-state index contributed by atoms with van der Waals surface area (Å²) in [7, 11) is 0. The highest BCUT2D eigenvalue weighted by atomic mass is 16.1. The second-order valence-corrected chi connectivity index (χ2v) is 4.80. The van der Waals surface area contributed by atoms with E-state index >= 15 is 0 Å². The molecule has 1 aromatic rings. The fraction of sp³-hybridized carbons (Fsp3) is 0.500. The minimum absolute atomic E-state index is 0.171. The summed E-state index contributed by atoms with van der Waals surface area (Å²) in [6.07, 6.45) is 5.61. The van der Waals surface area contributed by atoms with Crippen LogP contribution in [-0.4, -0.2) is 6.29 Å². The van der Waals surface area contributed by atoms with Crippen LogP contribution in [0.3, 0.4) is 0 Å². The highest BCUT2D eigenvalue weighted by molar-refractivity contribution is 5.70. The first-order chi connectivity index (χ1) is 7.18. The summed E-state index contributed by atoms with van der Waals surface area (Å²) in [5.41, 5.74) is 3.60. The lowest BCUT2D eigenvalue weighted by Gasteiger charge is -2.25. The SMILES string of the molecule is Cc1ccc(C)c(C2(C=O)CCCC2)c1. The van der Waals surface area contributed by atoms with Gasteiger partial charge in [-0.15, -0.1) is 0 Å². The molecule has 1 aromatic carbocycles. The molecule has 0 bridgehead atoms. The Morgan fingerprint density at radius 2 is 1.87 bits per heavy atom. The van der Waals surface area contributed by atoms with Gasteiger partial charge in [-0.2, -0.15) is 0 Å². The van der Waals surface area contributed by atoms with Crippen LogP contribution in [0.15, 0.2) is 18.2 Å². The topological polar surface area (TPSA) is 17.1 Å². The van der Waals surface area contributed by atoms with Crippen LogP contribution in [0, 0.1) is 13.8 Å². The van der Waals surface area contributed by atoms with Crippen LogP contribution in [0.25, 0.3) is 0 Å². The van der Waals surface area contributed by atoms with E-state index in [-0.39, 0.29) is 5.41 Å². The third kappa shape index (κ3) is 1.71. The van der Waals surface area contributed by atoms with Crippen LogP contribution in [0.5, 0.6) is 0 Å². The quantitative estimate of drug-likeness (QED) is 0.672. The predicted molar refractivity (Wildman–Crippen MR) is 62.1 cm³/mol. The van der Waals surface area contributed by atoms with Crippen molar-refractivity contribution in [2.45, 2.75) is 44.9 Å². The first-order valence-corrected chi connectivity index (χ1v) is 5.72. The van der Waals surface area contributed by atoms with Crippen molar-refractivity contribution in [2.24, 2.45) is 0 Å². The van der Waals surface area contributed by atoms with Gasteiger partial charge in [-0.05, 0) is 37.8 Å². The van der Waals surface area contributed by atoms with Gasteiger partial charge in [-0.1, -0.05) is 36.6 Å². The van der Waals surface area contributed by atoms with E-state index in [1.54, 1.807) is 0 Å². The second kappa shape index (κ2) is 3.80. The van der Waals surface area contributed by atoms with Crippen LogP contribution in [0.2, 0.25) is 0 Å². The molecular weight excluding hydrogens is 184 g/mol. The van der Waals surface area contributed by atoms with Crippen molar-refractivity contribution in [1.29, 1.82) is 0 Å². The molecule has 0 aromatic heterocycles. The number of rotatable bonds is 2. The molecule has 0 saturated heterocycles. The van der Waals surface area contributed by atoms with E-state index < -0.39 is 0 Å². The minimum atomic E-state index is -0.171. The Kier molecular flexibility index (Phi) is 2.64. The van der Waals surface area contributed by atoms with E-state index in [2.05, 4.69) is 32.0 Å². The van der Waals surface area contributed by atoms with Gasteiger partial charge in [0.1, 0.15) is 6.29 Å². The van der Waals surface area contributed by atoms with Crippen molar-refractivity contribution >= 4 is 6.29 Å². The fourth-order valence-corrected chi connectivity index (χ4v) is 2.73. The Morgan fingerprint density at radius 3 is 2.47 bits per heavy atom. The first kappa shape index (κ1) is 10.4. The number of carbonyl (C=O) groups is 1. The highest BCUT2D eigenvalue weighted by Crippen LogP contribution is 2.40. The van der Waals surface area contributed by atoms with Crippen LogP contribution in [0.4, 0.5) is 0 Å². The van der Waals surface area contributed by atoms with Gasteiger partial charge in [-0.25, -0.2) is 0 Å². The molecule has 1 heteroatoms. The third-order valence-corrected chi connectivity index (χ3v) is 3.65. The number of hydrogen-bond donors (Lipinski definition) is 0. The molecule has 80 valence electrons. The first-order valence-electron chi connectivity index (χ1n) is 5.72. The van der Waals surface area contributed by atoms with E-state index in [0.717, 1.165) is 12.8 Å². The van der Waals surface area contributed by atoms with Crippen molar-refractivity contribution in [1.82, 2.24) is 0 Å². The summed E-state index contributed by atoms with van der Waals surface area (Å²) in [6, 6.07) is 6.44. The van der Waals surface area contributed by atoms with Gasteiger partial charge in [0, 0.05) is 0 Å². The molecule has 0 aliphatic heterocycles. The third-order valence-electron chi connectivity index (χ3n) is 3.65. The van der Waals surface area contributed by atoms with E-state index in [9.17, 15) is 4.79 Å². The summed E-state index contributed by atoms with van der Waals surface area (Å²) in [5, 5.41) is 0. The zero-order chi connectivity index (χ0) is 10.9. The smallest absolute Gasteiger partial charge is 0.130 e. The van der Waals surface area contributed by atoms with Gasteiger partial charge >= 0.3 is 0 Å². The van der Waals surface area contributed by atoms with Crippen molar-refractivity contribution in [3.8, 4) is 0 Å². The standard InChI is InChI=1S/C14H18O/c1-11-5-6-12(2)13(9-11)14(10-15)7-3-4-8-14/h5-6,9-10H,3-4,7-8H2,1-2H3. The van der Waals surface area contributed by atoms with Gasteiger partial charge in [0.05, 0.1) is 5.41 Å². The Bertz CT molecular complexity index is 373. The maximum Gasteiger partial charge on any atom is 0.130 e. The number of aryl methyl sites for hydroxylation is 2. The Balaban J connectivity index is 2.50. The Morgan fingerprint density at radius 1 is 1.20 bits per heavy atom. The largest absolute Gasteiger partial charge is 0.302 e. The molecule has 0 heterocycles. The normalized spacial score (nSPS) is 19.1. The number of aldehydes is 1. The molecule has 0 atom stereocenters. The lowest BCUT2D eigenvalue weighted by Crippen LogP contribution is -2.25. The Hall–Kier alpha value is -1.11. The average molecular weight is 202 g/mol. The zero-order valence-corrected chi connectivity index (χ0v) is 9.55. The molecule has 15 heavy (non-hydrogen) atoms. The average Bonchev–Trinajstić information content (AvgIpc) is 2.71. The summed E-state index contributed by atoms with van der Waals surface area (Å²) in [4.78, 5) is 11.4. The van der Waals surface area contributed by atoms with Crippen LogP contribution >= 0.6 is 0 Å². The second-order valence-electron chi connectivity index (χ2n) is 4.80. The summed E-state index contributed by atoms with van der Waals surface area (Å²) in [6.45, 7) is 4.20.